The molecule has 7 nitrogen and oxygen atoms in total. The number of aryl methyl sites for hydroxylation is 2. The molecule has 144 valence electrons. The summed E-state index contributed by atoms with van der Waals surface area (Å²) in [5, 5.41) is 11.2. The van der Waals surface area contributed by atoms with Gasteiger partial charge in [0.05, 0.1) is 5.69 Å². The maximum Gasteiger partial charge on any atom is 0.282 e. The van der Waals surface area contributed by atoms with E-state index >= 15 is 0 Å². The van der Waals surface area contributed by atoms with E-state index in [2.05, 4.69) is 20.7 Å². The summed E-state index contributed by atoms with van der Waals surface area (Å²) in [6.07, 6.45) is -1.64. The van der Waals surface area contributed by atoms with Gasteiger partial charge in [-0.15, -0.1) is 11.3 Å². The van der Waals surface area contributed by atoms with Gasteiger partial charge in [-0.2, -0.15) is 5.10 Å². The van der Waals surface area contributed by atoms with E-state index in [1.807, 2.05) is 18.2 Å². The molecule has 0 unspecified atom stereocenters. The second-order valence-corrected chi connectivity index (χ2v) is 7.15. The summed E-state index contributed by atoms with van der Waals surface area (Å²) in [6.45, 7) is 0. The molecular weight excluding hydrogens is 388 g/mol. The maximum absolute atomic E-state index is 12.7. The van der Waals surface area contributed by atoms with Crippen LogP contribution in [0.3, 0.4) is 0 Å². The number of hydrogen-bond acceptors (Lipinski definition) is 5. The summed E-state index contributed by atoms with van der Waals surface area (Å²) in [7, 11) is 1.43. The molecule has 1 aliphatic rings. The third-order valence-corrected chi connectivity index (χ3v) is 5.13. The minimum Gasteiger partial charge on any atom is -0.326 e. The highest BCUT2D eigenvalue weighted by molar-refractivity contribution is 7.14. The molecular formula is C18H15F2N5O2S. The average molecular weight is 403 g/mol. The van der Waals surface area contributed by atoms with Crippen molar-refractivity contribution in [3.63, 3.8) is 0 Å². The number of nitrogens with zero attached hydrogens (tertiary/aromatic N) is 3. The van der Waals surface area contributed by atoms with Gasteiger partial charge < -0.3 is 5.32 Å². The zero-order chi connectivity index (χ0) is 19.8. The maximum atomic E-state index is 12.7. The number of carbonyl (C=O) groups excluding carboxylic acids is 2. The molecule has 0 saturated heterocycles. The van der Waals surface area contributed by atoms with E-state index in [0.29, 0.717) is 23.7 Å². The number of benzene rings is 1. The predicted molar refractivity (Wildman–Crippen MR) is 101 cm³/mol. The molecule has 2 amide bonds. The van der Waals surface area contributed by atoms with Crippen LogP contribution in [-0.4, -0.2) is 26.6 Å². The number of aromatic nitrogens is 3. The summed E-state index contributed by atoms with van der Waals surface area (Å²) in [5.41, 5.74) is 2.95. The van der Waals surface area contributed by atoms with E-state index in [9.17, 15) is 18.4 Å². The highest BCUT2D eigenvalue weighted by Gasteiger charge is 2.20. The van der Waals surface area contributed by atoms with Crippen molar-refractivity contribution in [1.29, 1.82) is 0 Å². The van der Waals surface area contributed by atoms with E-state index in [4.69, 9.17) is 0 Å². The predicted octanol–water partition coefficient (Wildman–Crippen LogP) is 3.62. The highest BCUT2D eigenvalue weighted by atomic mass is 32.1. The number of alkyl halides is 2. The van der Waals surface area contributed by atoms with E-state index in [1.54, 1.807) is 5.38 Å². The zero-order valence-electron chi connectivity index (χ0n) is 14.7. The lowest BCUT2D eigenvalue weighted by Crippen LogP contribution is -2.18. The van der Waals surface area contributed by atoms with Gasteiger partial charge in [-0.1, -0.05) is 6.07 Å². The largest absolute Gasteiger partial charge is 0.326 e. The van der Waals surface area contributed by atoms with Gasteiger partial charge in [0.25, 0.3) is 12.3 Å². The molecule has 2 N–H and O–H groups in total. The van der Waals surface area contributed by atoms with E-state index < -0.39 is 18.0 Å². The minimum atomic E-state index is -2.74. The molecule has 1 aromatic carbocycles. The zero-order valence-corrected chi connectivity index (χ0v) is 15.5. The molecule has 0 atom stereocenters. The van der Waals surface area contributed by atoms with Crippen molar-refractivity contribution in [3.8, 4) is 11.3 Å². The Morgan fingerprint density at radius 3 is 2.89 bits per heavy atom. The second kappa shape index (κ2) is 7.12. The molecule has 10 heteroatoms. The number of carbonyl (C=O) groups is 2. The van der Waals surface area contributed by atoms with Gasteiger partial charge in [0.2, 0.25) is 5.91 Å². The van der Waals surface area contributed by atoms with E-state index in [0.717, 1.165) is 27.6 Å². The SMILES string of the molecule is Cn1nc(C(F)F)cc1C(=O)Nc1nc(-c2ccc3c(c2)CCC(=O)N3)cs1. The van der Waals surface area contributed by atoms with Gasteiger partial charge in [0.1, 0.15) is 11.4 Å². The number of nitrogens with one attached hydrogen (secondary N) is 2. The Hall–Kier alpha value is -3.14. The van der Waals surface area contributed by atoms with Gasteiger partial charge in [0.15, 0.2) is 5.13 Å². The molecule has 4 rings (SSSR count). The van der Waals surface area contributed by atoms with Gasteiger partial charge in [-0.3, -0.25) is 19.6 Å². The Morgan fingerprint density at radius 1 is 1.32 bits per heavy atom. The fourth-order valence-corrected chi connectivity index (χ4v) is 3.69. The van der Waals surface area contributed by atoms with Crippen molar-refractivity contribution in [2.75, 3.05) is 10.6 Å². The van der Waals surface area contributed by atoms with Crippen LogP contribution in [0.5, 0.6) is 0 Å². The molecule has 3 aromatic rings. The van der Waals surface area contributed by atoms with Gasteiger partial charge in [-0.05, 0) is 30.2 Å². The quantitative estimate of drug-likeness (QED) is 0.696. The van der Waals surface area contributed by atoms with Crippen LogP contribution in [0.25, 0.3) is 11.3 Å². The number of thiazole rings is 1. The van der Waals surface area contributed by atoms with Crippen LogP contribution >= 0.6 is 11.3 Å². The van der Waals surface area contributed by atoms with Crippen LogP contribution in [0.2, 0.25) is 0 Å². The Kier molecular flexibility index (Phi) is 4.63. The summed E-state index contributed by atoms with van der Waals surface area (Å²) in [5.74, 6) is -0.556. The second-order valence-electron chi connectivity index (χ2n) is 6.29. The molecule has 28 heavy (non-hydrogen) atoms. The summed E-state index contributed by atoms with van der Waals surface area (Å²) >= 11 is 1.23. The monoisotopic (exact) mass is 403 g/mol. The van der Waals surface area contributed by atoms with Crippen molar-refractivity contribution >= 4 is 34.0 Å². The summed E-state index contributed by atoms with van der Waals surface area (Å²) in [6, 6.07) is 6.71. The van der Waals surface area contributed by atoms with Crippen LogP contribution < -0.4 is 10.6 Å². The Bertz CT molecular complexity index is 1080. The lowest BCUT2D eigenvalue weighted by atomic mass is 9.99. The molecule has 1 aliphatic heterocycles. The first-order valence-electron chi connectivity index (χ1n) is 8.43. The summed E-state index contributed by atoms with van der Waals surface area (Å²) < 4.78 is 26.6. The van der Waals surface area contributed by atoms with Gasteiger partial charge >= 0.3 is 0 Å². The lowest BCUT2D eigenvalue weighted by Gasteiger charge is -2.17. The Balaban J connectivity index is 1.52. The molecule has 0 bridgehead atoms. The number of rotatable bonds is 4. The van der Waals surface area contributed by atoms with Crippen LogP contribution in [0.4, 0.5) is 19.6 Å². The first kappa shape index (κ1) is 18.2. The van der Waals surface area contributed by atoms with Crippen LogP contribution in [0.1, 0.15) is 34.6 Å². The van der Waals surface area contributed by atoms with Crippen molar-refractivity contribution in [2.45, 2.75) is 19.3 Å². The molecule has 0 radical (unpaired) electrons. The van der Waals surface area contributed by atoms with Crippen LogP contribution in [0.15, 0.2) is 29.6 Å². The van der Waals surface area contributed by atoms with Crippen LogP contribution in [-0.2, 0) is 18.3 Å². The van der Waals surface area contributed by atoms with Crippen LogP contribution in [0, 0.1) is 0 Å². The molecule has 3 heterocycles. The lowest BCUT2D eigenvalue weighted by molar-refractivity contribution is -0.116. The Morgan fingerprint density at radius 2 is 2.14 bits per heavy atom. The fourth-order valence-electron chi connectivity index (χ4n) is 2.98. The van der Waals surface area contributed by atoms with E-state index in [-0.39, 0.29) is 11.6 Å². The number of halogens is 2. The average Bonchev–Trinajstić information content (AvgIpc) is 3.28. The fraction of sp³-hybridized carbons (Fsp3) is 0.222. The molecule has 0 fully saturated rings. The first-order chi connectivity index (χ1) is 13.4. The number of anilines is 2. The number of fused-ring (bicyclic) bond motifs is 1. The topological polar surface area (TPSA) is 88.9 Å². The standard InChI is InChI=1S/C18H15F2N5O2S/c1-25-14(7-12(24-25)16(19)20)17(27)23-18-22-13(8-28-18)10-2-4-11-9(6-10)3-5-15(26)21-11/h2,4,6-8,16H,3,5H2,1H3,(H,21,26)(H,22,23,27). The summed E-state index contributed by atoms with van der Waals surface area (Å²) in [4.78, 5) is 28.2. The molecule has 0 saturated carbocycles. The third kappa shape index (κ3) is 3.50. The van der Waals surface area contributed by atoms with Gasteiger partial charge in [0, 0.05) is 30.1 Å². The van der Waals surface area contributed by atoms with Crippen molar-refractivity contribution in [3.05, 3.63) is 46.6 Å². The molecule has 0 spiro atoms. The highest BCUT2D eigenvalue weighted by Crippen LogP contribution is 2.30. The Labute approximate surface area is 162 Å². The van der Waals surface area contributed by atoms with Crippen molar-refractivity contribution in [1.82, 2.24) is 14.8 Å². The van der Waals surface area contributed by atoms with Gasteiger partial charge in [-0.25, -0.2) is 13.8 Å². The van der Waals surface area contributed by atoms with Crippen molar-refractivity contribution < 1.29 is 18.4 Å². The third-order valence-electron chi connectivity index (χ3n) is 4.38. The number of amides is 2. The minimum absolute atomic E-state index is 0.00377. The van der Waals surface area contributed by atoms with Crippen molar-refractivity contribution in [2.24, 2.45) is 7.05 Å². The number of hydrogen-bond donors (Lipinski definition) is 2. The molecule has 2 aromatic heterocycles. The first-order valence-corrected chi connectivity index (χ1v) is 9.31. The van der Waals surface area contributed by atoms with E-state index in [1.165, 1.54) is 18.4 Å². The normalized spacial score (nSPS) is 13.4. The molecule has 0 aliphatic carbocycles. The smallest absolute Gasteiger partial charge is 0.282 e.